The Labute approximate surface area is 179 Å². The Morgan fingerprint density at radius 3 is 2.42 bits per heavy atom. The average molecular weight is 444 g/mol. The zero-order valence-corrected chi connectivity index (χ0v) is 17.7. The molecule has 3 aromatic carbocycles. The molecule has 31 heavy (non-hydrogen) atoms. The van der Waals surface area contributed by atoms with Gasteiger partial charge in [-0.2, -0.15) is 0 Å². The lowest BCUT2D eigenvalue weighted by Gasteiger charge is -2.13. The summed E-state index contributed by atoms with van der Waals surface area (Å²) in [5.41, 5.74) is 1.33. The molecule has 0 aliphatic heterocycles. The second-order valence-corrected chi connectivity index (χ2v) is 8.26. The number of para-hydroxylation sites is 1. The smallest absolute Gasteiger partial charge is 0.262 e. The summed E-state index contributed by atoms with van der Waals surface area (Å²) in [6.07, 6.45) is 0. The molecule has 0 aliphatic carbocycles. The number of anilines is 2. The zero-order chi connectivity index (χ0) is 22.4. The normalized spacial score (nSPS) is 10.9. The van der Waals surface area contributed by atoms with E-state index in [1.807, 2.05) is 0 Å². The van der Waals surface area contributed by atoms with Crippen LogP contribution in [0.1, 0.15) is 5.56 Å². The van der Waals surface area contributed by atoms with E-state index in [4.69, 9.17) is 9.47 Å². The fourth-order valence-electron chi connectivity index (χ4n) is 2.67. The summed E-state index contributed by atoms with van der Waals surface area (Å²) in [5.74, 6) is -0.580. The summed E-state index contributed by atoms with van der Waals surface area (Å²) in [7, 11) is -2.38. The van der Waals surface area contributed by atoms with Crippen molar-refractivity contribution in [1.29, 1.82) is 0 Å². The highest BCUT2D eigenvalue weighted by Gasteiger charge is 2.17. The van der Waals surface area contributed by atoms with Gasteiger partial charge in [0.2, 0.25) is 0 Å². The monoisotopic (exact) mass is 444 g/mol. The van der Waals surface area contributed by atoms with Crippen molar-refractivity contribution in [2.45, 2.75) is 11.8 Å². The number of nitrogens with one attached hydrogen (secondary N) is 2. The van der Waals surface area contributed by atoms with Crippen LogP contribution < -0.4 is 19.5 Å². The van der Waals surface area contributed by atoms with E-state index in [1.54, 1.807) is 43.3 Å². The molecule has 9 heteroatoms. The summed E-state index contributed by atoms with van der Waals surface area (Å²) in [4.78, 5) is 12.2. The highest BCUT2D eigenvalue weighted by atomic mass is 32.2. The largest absolute Gasteiger partial charge is 0.497 e. The Balaban J connectivity index is 1.71. The van der Waals surface area contributed by atoms with Crippen molar-refractivity contribution in [1.82, 2.24) is 0 Å². The van der Waals surface area contributed by atoms with Gasteiger partial charge in [-0.25, -0.2) is 12.8 Å². The zero-order valence-electron chi connectivity index (χ0n) is 16.9. The molecule has 0 aromatic heterocycles. The van der Waals surface area contributed by atoms with Crippen LogP contribution in [0.4, 0.5) is 15.8 Å². The molecule has 0 heterocycles. The maximum absolute atomic E-state index is 13.6. The van der Waals surface area contributed by atoms with Gasteiger partial charge in [-0.1, -0.05) is 18.2 Å². The Bertz CT molecular complexity index is 1180. The molecule has 0 radical (unpaired) electrons. The first kappa shape index (κ1) is 22.1. The summed E-state index contributed by atoms with van der Waals surface area (Å²) >= 11 is 0. The first-order valence-electron chi connectivity index (χ1n) is 9.23. The molecular weight excluding hydrogens is 423 g/mol. The van der Waals surface area contributed by atoms with Crippen LogP contribution in [0, 0.1) is 12.7 Å². The lowest BCUT2D eigenvalue weighted by atomic mass is 10.2. The van der Waals surface area contributed by atoms with Gasteiger partial charge in [-0.15, -0.1) is 0 Å². The molecule has 0 saturated heterocycles. The number of amides is 1. The minimum absolute atomic E-state index is 0.0285. The molecule has 7 nitrogen and oxygen atoms in total. The Hall–Kier alpha value is -3.59. The van der Waals surface area contributed by atoms with E-state index in [-0.39, 0.29) is 10.6 Å². The Kier molecular flexibility index (Phi) is 6.76. The molecule has 0 saturated carbocycles. The maximum atomic E-state index is 13.6. The fourth-order valence-corrected chi connectivity index (χ4v) is 3.75. The number of carbonyl (C=O) groups is 1. The molecule has 0 spiro atoms. The van der Waals surface area contributed by atoms with Crippen molar-refractivity contribution in [3.8, 4) is 11.5 Å². The average Bonchev–Trinajstić information content (AvgIpc) is 2.75. The van der Waals surface area contributed by atoms with Gasteiger partial charge < -0.3 is 14.8 Å². The summed E-state index contributed by atoms with van der Waals surface area (Å²) < 4.78 is 51.8. The quantitative estimate of drug-likeness (QED) is 0.549. The number of sulfonamides is 1. The number of methoxy groups -OCH3 is 1. The molecular formula is C22H21FN2O5S. The van der Waals surface area contributed by atoms with Gasteiger partial charge in [0.15, 0.2) is 18.2 Å². The third kappa shape index (κ3) is 5.73. The van der Waals surface area contributed by atoms with Crippen LogP contribution >= 0.6 is 0 Å². The van der Waals surface area contributed by atoms with Gasteiger partial charge in [0.05, 0.1) is 12.0 Å². The van der Waals surface area contributed by atoms with E-state index < -0.39 is 28.4 Å². The summed E-state index contributed by atoms with van der Waals surface area (Å²) in [5, 5.41) is 2.60. The number of hydrogen-bond acceptors (Lipinski definition) is 5. The highest BCUT2D eigenvalue weighted by molar-refractivity contribution is 7.92. The molecule has 2 N–H and O–H groups in total. The van der Waals surface area contributed by atoms with Crippen molar-refractivity contribution < 1.29 is 27.1 Å². The predicted molar refractivity (Wildman–Crippen MR) is 116 cm³/mol. The molecule has 3 rings (SSSR count). The van der Waals surface area contributed by atoms with E-state index in [2.05, 4.69) is 10.0 Å². The van der Waals surface area contributed by atoms with Crippen LogP contribution in [-0.2, 0) is 14.8 Å². The van der Waals surface area contributed by atoms with E-state index in [0.717, 1.165) is 0 Å². The minimum Gasteiger partial charge on any atom is -0.497 e. The van der Waals surface area contributed by atoms with Gasteiger partial charge in [-0.05, 0) is 61.0 Å². The van der Waals surface area contributed by atoms with E-state index in [0.29, 0.717) is 22.7 Å². The third-order valence-electron chi connectivity index (χ3n) is 4.33. The topological polar surface area (TPSA) is 93.7 Å². The number of benzene rings is 3. The molecule has 3 aromatic rings. The second kappa shape index (κ2) is 9.48. The van der Waals surface area contributed by atoms with E-state index in [1.165, 1.54) is 37.4 Å². The molecule has 0 atom stereocenters. The molecule has 162 valence electrons. The lowest BCUT2D eigenvalue weighted by molar-refractivity contribution is -0.118. The molecule has 0 fully saturated rings. The minimum atomic E-state index is -3.89. The molecule has 0 unspecified atom stereocenters. The van der Waals surface area contributed by atoms with Crippen molar-refractivity contribution in [3.63, 3.8) is 0 Å². The Morgan fingerprint density at radius 2 is 1.74 bits per heavy atom. The van der Waals surface area contributed by atoms with Gasteiger partial charge in [-0.3, -0.25) is 9.52 Å². The van der Waals surface area contributed by atoms with Crippen LogP contribution in [0.25, 0.3) is 0 Å². The van der Waals surface area contributed by atoms with Crippen LogP contribution in [0.3, 0.4) is 0 Å². The lowest BCUT2D eigenvalue weighted by Crippen LogP contribution is -2.21. The van der Waals surface area contributed by atoms with Crippen molar-refractivity contribution in [3.05, 3.63) is 78.1 Å². The summed E-state index contributed by atoms with van der Waals surface area (Å²) in [6.45, 7) is 1.29. The van der Waals surface area contributed by atoms with Gasteiger partial charge in [0.1, 0.15) is 5.75 Å². The molecule has 0 bridgehead atoms. The highest BCUT2D eigenvalue weighted by Crippen LogP contribution is 2.24. The van der Waals surface area contributed by atoms with Crippen LogP contribution in [0.15, 0.2) is 71.6 Å². The number of hydrogen-bond donors (Lipinski definition) is 2. The Morgan fingerprint density at radius 1 is 1.03 bits per heavy atom. The first-order valence-corrected chi connectivity index (χ1v) is 10.7. The van der Waals surface area contributed by atoms with E-state index >= 15 is 0 Å². The number of ether oxygens (including phenoxy) is 2. The standard InChI is InChI=1S/C22H21FN2O5S/c1-15-7-12-18(31(27,28)25-16-8-10-17(29-2)11-9-16)13-20(15)24-22(26)14-30-21-6-4-3-5-19(21)23/h3-13,25H,14H2,1-2H3,(H,24,26). The second-order valence-electron chi connectivity index (χ2n) is 6.58. The van der Waals surface area contributed by atoms with Crippen molar-refractivity contribution in [2.24, 2.45) is 0 Å². The third-order valence-corrected chi connectivity index (χ3v) is 5.71. The van der Waals surface area contributed by atoms with Crippen LogP contribution in [0.2, 0.25) is 0 Å². The first-order chi connectivity index (χ1) is 14.8. The number of carbonyl (C=O) groups excluding carboxylic acids is 1. The van der Waals surface area contributed by atoms with E-state index in [9.17, 15) is 17.6 Å². The summed E-state index contributed by atoms with van der Waals surface area (Å²) in [6, 6.07) is 16.5. The van der Waals surface area contributed by atoms with Crippen LogP contribution in [-0.4, -0.2) is 28.0 Å². The number of aryl methyl sites for hydroxylation is 1. The SMILES string of the molecule is COc1ccc(NS(=O)(=O)c2ccc(C)c(NC(=O)COc3ccccc3F)c2)cc1. The van der Waals surface area contributed by atoms with Crippen molar-refractivity contribution in [2.75, 3.05) is 23.8 Å². The predicted octanol–water partition coefficient (Wildman–Crippen LogP) is 3.96. The van der Waals surface area contributed by atoms with Crippen LogP contribution in [0.5, 0.6) is 11.5 Å². The van der Waals surface area contributed by atoms with Gasteiger partial charge >= 0.3 is 0 Å². The maximum Gasteiger partial charge on any atom is 0.262 e. The van der Waals surface area contributed by atoms with Gasteiger partial charge in [0.25, 0.3) is 15.9 Å². The molecule has 1 amide bonds. The van der Waals surface area contributed by atoms with Crippen molar-refractivity contribution >= 4 is 27.3 Å². The van der Waals surface area contributed by atoms with Gasteiger partial charge in [0, 0.05) is 11.4 Å². The fraction of sp³-hybridized carbons (Fsp3) is 0.136. The molecule has 0 aliphatic rings. The number of rotatable bonds is 8. The number of halogens is 1.